The van der Waals surface area contributed by atoms with Crippen molar-refractivity contribution in [3.8, 4) is 22.8 Å². The average molecular weight is 376 g/mol. The van der Waals surface area contributed by atoms with E-state index in [1.54, 1.807) is 6.20 Å². The van der Waals surface area contributed by atoms with E-state index in [4.69, 9.17) is 4.74 Å². The van der Waals surface area contributed by atoms with Gasteiger partial charge in [-0.05, 0) is 62.5 Å². The molecular weight excluding hydrogens is 352 g/mol. The second kappa shape index (κ2) is 7.86. The summed E-state index contributed by atoms with van der Waals surface area (Å²) in [5, 5.41) is 2.91. The summed E-state index contributed by atoms with van der Waals surface area (Å²) in [5.41, 5.74) is 3.75. The number of rotatable bonds is 6. The normalized spacial score (nSPS) is 13.3. The van der Waals surface area contributed by atoms with E-state index in [2.05, 4.69) is 15.2 Å². The number of fused-ring (bicyclic) bond motifs is 1. The Labute approximate surface area is 164 Å². The third-order valence-corrected chi connectivity index (χ3v) is 4.86. The topological polar surface area (TPSA) is 59.4 Å². The maximum Gasteiger partial charge on any atom is 0.251 e. The Bertz CT molecular complexity index is 976. The SMILES string of the molecule is CN(C)CCOc1ccc(-c2nccn2-c2ccc3c(c2)C(=O)NCC3)cc1. The maximum atomic E-state index is 12.2. The lowest BCUT2D eigenvalue weighted by atomic mass is 9.99. The summed E-state index contributed by atoms with van der Waals surface area (Å²) in [6.07, 6.45) is 4.56. The first-order valence-electron chi connectivity index (χ1n) is 9.44. The van der Waals surface area contributed by atoms with Crippen molar-refractivity contribution in [2.45, 2.75) is 6.42 Å². The van der Waals surface area contributed by atoms with E-state index in [1.165, 1.54) is 0 Å². The van der Waals surface area contributed by atoms with Crippen LogP contribution in [0.25, 0.3) is 17.1 Å². The van der Waals surface area contributed by atoms with Gasteiger partial charge < -0.3 is 15.0 Å². The van der Waals surface area contributed by atoms with Crippen LogP contribution < -0.4 is 10.1 Å². The molecule has 6 heteroatoms. The molecule has 0 aliphatic carbocycles. The number of nitrogens with one attached hydrogen (secondary N) is 1. The molecule has 0 fully saturated rings. The highest BCUT2D eigenvalue weighted by Crippen LogP contribution is 2.26. The van der Waals surface area contributed by atoms with Gasteiger partial charge >= 0.3 is 0 Å². The first-order chi connectivity index (χ1) is 13.6. The summed E-state index contributed by atoms with van der Waals surface area (Å²) in [6.45, 7) is 2.22. The molecule has 1 aromatic heterocycles. The van der Waals surface area contributed by atoms with Gasteiger partial charge in [-0.3, -0.25) is 9.36 Å². The van der Waals surface area contributed by atoms with E-state index in [0.717, 1.165) is 46.9 Å². The first kappa shape index (κ1) is 18.3. The van der Waals surface area contributed by atoms with Crippen molar-refractivity contribution in [2.75, 3.05) is 33.8 Å². The average Bonchev–Trinajstić information content (AvgIpc) is 3.18. The summed E-state index contributed by atoms with van der Waals surface area (Å²) >= 11 is 0. The van der Waals surface area contributed by atoms with Crippen molar-refractivity contribution in [2.24, 2.45) is 0 Å². The van der Waals surface area contributed by atoms with Gasteiger partial charge in [0.15, 0.2) is 0 Å². The van der Waals surface area contributed by atoms with Gasteiger partial charge in [-0.25, -0.2) is 4.98 Å². The number of imidazole rings is 1. The van der Waals surface area contributed by atoms with E-state index < -0.39 is 0 Å². The van der Waals surface area contributed by atoms with Crippen LogP contribution in [0.15, 0.2) is 54.9 Å². The maximum absolute atomic E-state index is 12.2. The van der Waals surface area contributed by atoms with Crippen molar-refractivity contribution in [1.29, 1.82) is 0 Å². The van der Waals surface area contributed by atoms with E-state index in [0.29, 0.717) is 13.2 Å². The minimum atomic E-state index is -0.0102. The standard InChI is InChI=1S/C22H24N4O2/c1-25(2)13-14-28-19-7-4-17(5-8-19)21-23-11-12-26(21)18-6-3-16-9-10-24-22(27)20(16)15-18/h3-8,11-12,15H,9-10,13-14H2,1-2H3,(H,24,27). The van der Waals surface area contributed by atoms with E-state index >= 15 is 0 Å². The zero-order chi connectivity index (χ0) is 19.5. The number of aromatic nitrogens is 2. The molecular formula is C22H24N4O2. The van der Waals surface area contributed by atoms with Crippen molar-refractivity contribution in [3.63, 3.8) is 0 Å². The predicted octanol–water partition coefficient (Wildman–Crippen LogP) is 2.77. The summed E-state index contributed by atoms with van der Waals surface area (Å²) < 4.78 is 7.77. The smallest absolute Gasteiger partial charge is 0.251 e. The van der Waals surface area contributed by atoms with Crippen LogP contribution in [0.1, 0.15) is 15.9 Å². The quantitative estimate of drug-likeness (QED) is 0.719. The number of nitrogens with zero attached hydrogens (tertiary/aromatic N) is 3. The molecule has 0 unspecified atom stereocenters. The van der Waals surface area contributed by atoms with Crippen LogP contribution in [-0.2, 0) is 6.42 Å². The molecule has 0 bridgehead atoms. The Morgan fingerprint density at radius 3 is 2.79 bits per heavy atom. The molecule has 3 aromatic rings. The number of carbonyl (C=O) groups is 1. The summed E-state index contributed by atoms with van der Waals surface area (Å²) in [6, 6.07) is 14.0. The second-order valence-electron chi connectivity index (χ2n) is 7.14. The molecule has 2 aromatic carbocycles. The van der Waals surface area contributed by atoms with Crippen molar-refractivity contribution in [3.05, 3.63) is 66.0 Å². The fourth-order valence-corrected chi connectivity index (χ4v) is 3.32. The molecule has 144 valence electrons. The van der Waals surface area contributed by atoms with Gasteiger partial charge in [0.1, 0.15) is 18.2 Å². The van der Waals surface area contributed by atoms with Gasteiger partial charge in [-0.1, -0.05) is 6.07 Å². The van der Waals surface area contributed by atoms with Crippen LogP contribution in [0.4, 0.5) is 0 Å². The monoisotopic (exact) mass is 376 g/mol. The summed E-state index contributed by atoms with van der Waals surface area (Å²) in [5.74, 6) is 1.66. The number of carbonyl (C=O) groups excluding carboxylic acids is 1. The number of likely N-dealkylation sites (N-methyl/N-ethyl adjacent to an activating group) is 1. The molecule has 0 saturated carbocycles. The molecule has 1 aliphatic rings. The van der Waals surface area contributed by atoms with Crippen LogP contribution in [0, 0.1) is 0 Å². The number of benzene rings is 2. The predicted molar refractivity (Wildman–Crippen MR) is 109 cm³/mol. The van der Waals surface area contributed by atoms with Crippen LogP contribution >= 0.6 is 0 Å². The number of ether oxygens (including phenoxy) is 1. The Morgan fingerprint density at radius 2 is 2.00 bits per heavy atom. The van der Waals surface area contributed by atoms with Crippen LogP contribution in [0.5, 0.6) is 5.75 Å². The molecule has 0 saturated heterocycles. The van der Waals surface area contributed by atoms with Gasteiger partial charge in [0, 0.05) is 42.3 Å². The summed E-state index contributed by atoms with van der Waals surface area (Å²) in [7, 11) is 4.05. The fourth-order valence-electron chi connectivity index (χ4n) is 3.32. The largest absolute Gasteiger partial charge is 0.492 e. The van der Waals surface area contributed by atoms with Crippen LogP contribution in [0.2, 0.25) is 0 Å². The lowest BCUT2D eigenvalue weighted by Gasteiger charge is -2.18. The highest BCUT2D eigenvalue weighted by molar-refractivity contribution is 5.97. The second-order valence-corrected chi connectivity index (χ2v) is 7.14. The van der Waals surface area contributed by atoms with Gasteiger partial charge in [-0.15, -0.1) is 0 Å². The lowest BCUT2D eigenvalue weighted by Crippen LogP contribution is -2.31. The van der Waals surface area contributed by atoms with E-state index in [9.17, 15) is 4.79 Å². The minimum Gasteiger partial charge on any atom is -0.492 e. The van der Waals surface area contributed by atoms with Gasteiger partial charge in [0.2, 0.25) is 0 Å². The molecule has 1 N–H and O–H groups in total. The summed E-state index contributed by atoms with van der Waals surface area (Å²) in [4.78, 5) is 18.8. The lowest BCUT2D eigenvalue weighted by molar-refractivity contribution is 0.0946. The third kappa shape index (κ3) is 3.77. The highest BCUT2D eigenvalue weighted by Gasteiger charge is 2.18. The zero-order valence-electron chi connectivity index (χ0n) is 16.2. The number of hydrogen-bond acceptors (Lipinski definition) is 4. The third-order valence-electron chi connectivity index (χ3n) is 4.86. The van der Waals surface area contributed by atoms with Gasteiger partial charge in [0.25, 0.3) is 5.91 Å². The molecule has 0 atom stereocenters. The van der Waals surface area contributed by atoms with Crippen molar-refractivity contribution >= 4 is 5.91 Å². The molecule has 1 amide bonds. The van der Waals surface area contributed by atoms with Gasteiger partial charge in [-0.2, -0.15) is 0 Å². The number of amides is 1. The van der Waals surface area contributed by atoms with Crippen molar-refractivity contribution in [1.82, 2.24) is 19.8 Å². The molecule has 1 aliphatic heterocycles. The van der Waals surface area contributed by atoms with Crippen molar-refractivity contribution < 1.29 is 9.53 Å². The Hall–Kier alpha value is -3.12. The first-order valence-corrected chi connectivity index (χ1v) is 9.44. The van der Waals surface area contributed by atoms with Crippen LogP contribution in [0.3, 0.4) is 0 Å². The molecule has 2 heterocycles. The Morgan fingerprint density at radius 1 is 1.18 bits per heavy atom. The molecule has 4 rings (SSSR count). The highest BCUT2D eigenvalue weighted by atomic mass is 16.5. The fraction of sp³-hybridized carbons (Fsp3) is 0.273. The van der Waals surface area contributed by atoms with E-state index in [-0.39, 0.29) is 5.91 Å². The Balaban J connectivity index is 1.58. The Kier molecular flexibility index (Phi) is 5.12. The van der Waals surface area contributed by atoms with E-state index in [1.807, 2.05) is 67.3 Å². The number of hydrogen-bond donors (Lipinski definition) is 1. The molecule has 28 heavy (non-hydrogen) atoms. The molecule has 0 spiro atoms. The van der Waals surface area contributed by atoms with Gasteiger partial charge in [0.05, 0.1) is 0 Å². The molecule has 0 radical (unpaired) electrons. The minimum absolute atomic E-state index is 0.0102. The van der Waals surface area contributed by atoms with Crippen LogP contribution in [-0.4, -0.2) is 54.1 Å². The zero-order valence-corrected chi connectivity index (χ0v) is 16.2. The molecule has 6 nitrogen and oxygen atoms in total.